The van der Waals surface area contributed by atoms with Crippen LogP contribution in [0.4, 0.5) is 5.95 Å². The Labute approximate surface area is 143 Å². The lowest BCUT2D eigenvalue weighted by Gasteiger charge is -2.34. The number of hydrogen-bond donors (Lipinski definition) is 0. The summed E-state index contributed by atoms with van der Waals surface area (Å²) in [5.41, 5.74) is 4.86. The quantitative estimate of drug-likeness (QED) is 0.869. The molecule has 1 aliphatic rings. The zero-order valence-electron chi connectivity index (χ0n) is 14.6. The first-order valence-corrected chi connectivity index (χ1v) is 8.41. The molecule has 2 heterocycles. The van der Waals surface area contributed by atoms with E-state index in [1.54, 1.807) is 12.4 Å². The Morgan fingerprint density at radius 2 is 1.58 bits per heavy atom. The average Bonchev–Trinajstić information content (AvgIpc) is 2.60. The number of anilines is 1. The molecule has 0 radical (unpaired) electrons. The molecular weight excluding hydrogens is 300 g/mol. The van der Waals surface area contributed by atoms with Crippen molar-refractivity contribution in [2.45, 2.75) is 27.2 Å². The van der Waals surface area contributed by atoms with E-state index in [9.17, 15) is 4.79 Å². The van der Waals surface area contributed by atoms with Crippen LogP contribution in [0.25, 0.3) is 0 Å². The maximum Gasteiger partial charge on any atom is 0.227 e. The van der Waals surface area contributed by atoms with Gasteiger partial charge in [0.25, 0.3) is 0 Å². The Hall–Kier alpha value is -2.43. The van der Waals surface area contributed by atoms with E-state index in [0.717, 1.165) is 37.7 Å². The van der Waals surface area contributed by atoms with Crippen molar-refractivity contribution in [1.29, 1.82) is 0 Å². The molecule has 1 fully saturated rings. The van der Waals surface area contributed by atoms with E-state index in [2.05, 4.69) is 47.8 Å². The summed E-state index contributed by atoms with van der Waals surface area (Å²) in [6, 6.07) is 6.13. The van der Waals surface area contributed by atoms with Gasteiger partial charge in [0.05, 0.1) is 6.42 Å². The van der Waals surface area contributed by atoms with Gasteiger partial charge >= 0.3 is 0 Å². The molecule has 1 amide bonds. The molecule has 126 valence electrons. The van der Waals surface area contributed by atoms with E-state index in [1.807, 2.05) is 11.0 Å². The fraction of sp³-hybridized carbons (Fsp3) is 0.421. The lowest BCUT2D eigenvalue weighted by molar-refractivity contribution is -0.130. The molecule has 3 rings (SSSR count). The van der Waals surface area contributed by atoms with Crippen molar-refractivity contribution in [3.63, 3.8) is 0 Å². The third-order valence-electron chi connectivity index (χ3n) is 4.76. The molecule has 1 aromatic heterocycles. The highest BCUT2D eigenvalue weighted by Crippen LogP contribution is 2.17. The van der Waals surface area contributed by atoms with Gasteiger partial charge in [0.15, 0.2) is 0 Å². The van der Waals surface area contributed by atoms with Gasteiger partial charge in [-0.05, 0) is 49.1 Å². The lowest BCUT2D eigenvalue weighted by Crippen LogP contribution is -2.49. The first kappa shape index (κ1) is 16.4. The summed E-state index contributed by atoms with van der Waals surface area (Å²) in [6.07, 6.45) is 3.99. The number of nitrogens with zero attached hydrogens (tertiary/aromatic N) is 4. The van der Waals surface area contributed by atoms with E-state index in [-0.39, 0.29) is 5.91 Å². The molecule has 1 aromatic carbocycles. The maximum atomic E-state index is 12.6. The maximum absolute atomic E-state index is 12.6. The lowest BCUT2D eigenvalue weighted by atomic mass is 9.98. The molecule has 0 unspecified atom stereocenters. The minimum atomic E-state index is 0.204. The minimum Gasteiger partial charge on any atom is -0.339 e. The number of benzene rings is 1. The number of carbonyl (C=O) groups is 1. The summed E-state index contributed by atoms with van der Waals surface area (Å²) in [5.74, 6) is 0.949. The van der Waals surface area contributed by atoms with Gasteiger partial charge in [-0.3, -0.25) is 4.79 Å². The van der Waals surface area contributed by atoms with Crippen LogP contribution < -0.4 is 4.90 Å². The van der Waals surface area contributed by atoms with Gasteiger partial charge in [0, 0.05) is 38.6 Å². The van der Waals surface area contributed by atoms with E-state index in [0.29, 0.717) is 6.42 Å². The van der Waals surface area contributed by atoms with Gasteiger partial charge < -0.3 is 9.80 Å². The molecule has 1 aliphatic heterocycles. The van der Waals surface area contributed by atoms with Gasteiger partial charge in [-0.2, -0.15) is 0 Å². The van der Waals surface area contributed by atoms with E-state index in [4.69, 9.17) is 0 Å². The topological polar surface area (TPSA) is 49.3 Å². The summed E-state index contributed by atoms with van der Waals surface area (Å²) < 4.78 is 0. The number of aromatic nitrogens is 2. The first-order valence-electron chi connectivity index (χ1n) is 8.41. The highest BCUT2D eigenvalue weighted by Gasteiger charge is 2.22. The number of aryl methyl sites for hydroxylation is 3. The molecule has 0 spiro atoms. The van der Waals surface area contributed by atoms with E-state index in [1.165, 1.54) is 16.7 Å². The summed E-state index contributed by atoms with van der Waals surface area (Å²) in [6.45, 7) is 9.30. The van der Waals surface area contributed by atoms with Crippen LogP contribution in [-0.4, -0.2) is 47.0 Å². The van der Waals surface area contributed by atoms with Crippen LogP contribution in [0.3, 0.4) is 0 Å². The van der Waals surface area contributed by atoms with Crippen molar-refractivity contribution >= 4 is 11.9 Å². The van der Waals surface area contributed by atoms with Crippen LogP contribution in [-0.2, 0) is 11.2 Å². The zero-order valence-corrected chi connectivity index (χ0v) is 14.6. The first-order chi connectivity index (χ1) is 11.5. The Bertz CT molecular complexity index is 722. The summed E-state index contributed by atoms with van der Waals surface area (Å²) in [4.78, 5) is 25.3. The number of carbonyl (C=O) groups excluding carboxylic acids is 1. The molecule has 0 aliphatic carbocycles. The fourth-order valence-corrected chi connectivity index (χ4v) is 3.10. The van der Waals surface area contributed by atoms with Gasteiger partial charge in [-0.1, -0.05) is 12.1 Å². The SMILES string of the molecule is Cc1cc(C)c(CC(=O)N2CCN(c3ncccn3)CC2)cc1C. The summed E-state index contributed by atoms with van der Waals surface area (Å²) >= 11 is 0. The van der Waals surface area contributed by atoms with Crippen LogP contribution in [0.2, 0.25) is 0 Å². The zero-order chi connectivity index (χ0) is 17.1. The standard InChI is InChI=1S/C19H24N4O/c1-14-11-16(3)17(12-15(14)2)13-18(24)22-7-9-23(10-8-22)19-20-5-4-6-21-19/h4-6,11-12H,7-10,13H2,1-3H3. The smallest absolute Gasteiger partial charge is 0.227 e. The average molecular weight is 324 g/mol. The molecule has 5 nitrogen and oxygen atoms in total. The van der Waals surface area contributed by atoms with Crippen molar-refractivity contribution in [2.24, 2.45) is 0 Å². The molecule has 2 aromatic rings. The van der Waals surface area contributed by atoms with Crippen LogP contribution >= 0.6 is 0 Å². The van der Waals surface area contributed by atoms with Crippen LogP contribution in [0.5, 0.6) is 0 Å². The minimum absolute atomic E-state index is 0.204. The normalized spacial score (nSPS) is 14.8. The van der Waals surface area contributed by atoms with Gasteiger partial charge in [-0.15, -0.1) is 0 Å². The predicted octanol–water partition coefficient (Wildman–Crippen LogP) is 2.29. The Kier molecular flexibility index (Phi) is 4.79. The molecule has 0 atom stereocenters. The van der Waals surface area contributed by atoms with Crippen molar-refractivity contribution < 1.29 is 4.79 Å². The molecule has 5 heteroatoms. The Balaban J connectivity index is 1.61. The second-order valence-corrected chi connectivity index (χ2v) is 6.46. The van der Waals surface area contributed by atoms with Crippen molar-refractivity contribution in [2.75, 3.05) is 31.1 Å². The summed E-state index contributed by atoms with van der Waals surface area (Å²) in [7, 11) is 0. The molecule has 24 heavy (non-hydrogen) atoms. The number of piperazine rings is 1. The van der Waals surface area contributed by atoms with Gasteiger partial charge in [0.2, 0.25) is 11.9 Å². The van der Waals surface area contributed by atoms with Crippen LogP contribution in [0.15, 0.2) is 30.6 Å². The van der Waals surface area contributed by atoms with Gasteiger partial charge in [0.1, 0.15) is 0 Å². The molecule has 0 bridgehead atoms. The second-order valence-electron chi connectivity index (χ2n) is 6.46. The Morgan fingerprint density at radius 1 is 0.958 bits per heavy atom. The molecule has 1 saturated heterocycles. The molecule has 0 saturated carbocycles. The third kappa shape index (κ3) is 3.55. The van der Waals surface area contributed by atoms with Crippen molar-refractivity contribution in [3.05, 3.63) is 52.8 Å². The summed E-state index contributed by atoms with van der Waals surface area (Å²) in [5, 5.41) is 0. The van der Waals surface area contributed by atoms with Crippen molar-refractivity contribution in [3.8, 4) is 0 Å². The second kappa shape index (κ2) is 6.99. The highest BCUT2D eigenvalue weighted by atomic mass is 16.2. The molecule has 0 N–H and O–H groups in total. The Morgan fingerprint density at radius 3 is 2.25 bits per heavy atom. The number of amides is 1. The van der Waals surface area contributed by atoms with E-state index >= 15 is 0 Å². The highest BCUT2D eigenvalue weighted by molar-refractivity contribution is 5.79. The van der Waals surface area contributed by atoms with Crippen LogP contribution in [0.1, 0.15) is 22.3 Å². The fourth-order valence-electron chi connectivity index (χ4n) is 3.10. The third-order valence-corrected chi connectivity index (χ3v) is 4.76. The van der Waals surface area contributed by atoms with Crippen LogP contribution in [0, 0.1) is 20.8 Å². The van der Waals surface area contributed by atoms with E-state index < -0.39 is 0 Å². The monoisotopic (exact) mass is 324 g/mol. The molecular formula is C19H24N4O. The van der Waals surface area contributed by atoms with Gasteiger partial charge in [-0.25, -0.2) is 9.97 Å². The largest absolute Gasteiger partial charge is 0.339 e. The predicted molar refractivity (Wildman–Crippen MR) is 95.2 cm³/mol. The number of rotatable bonds is 3. The number of hydrogen-bond acceptors (Lipinski definition) is 4. The van der Waals surface area contributed by atoms with Crippen molar-refractivity contribution in [1.82, 2.24) is 14.9 Å².